The van der Waals surface area contributed by atoms with Crippen molar-refractivity contribution in [3.63, 3.8) is 0 Å². The second-order valence-corrected chi connectivity index (χ2v) is 8.91. The molecule has 3 atom stereocenters. The Balaban J connectivity index is 1.74. The molecule has 2 aromatic rings. The van der Waals surface area contributed by atoms with Crippen molar-refractivity contribution >= 4 is 17.7 Å². The molecule has 4 heteroatoms. The van der Waals surface area contributed by atoms with E-state index in [1.807, 2.05) is 0 Å². The molecule has 29 heavy (non-hydrogen) atoms. The van der Waals surface area contributed by atoms with E-state index in [-0.39, 0.29) is 5.92 Å². The van der Waals surface area contributed by atoms with E-state index in [2.05, 4.69) is 68.4 Å². The molecule has 0 aromatic heterocycles. The highest BCUT2D eigenvalue weighted by molar-refractivity contribution is 7.99. The largest absolute Gasteiger partial charge is 0.481 e. The van der Waals surface area contributed by atoms with Crippen LogP contribution < -0.4 is 0 Å². The van der Waals surface area contributed by atoms with Crippen LogP contribution in [0.1, 0.15) is 62.1 Å². The third-order valence-corrected chi connectivity index (χ3v) is 6.57. The van der Waals surface area contributed by atoms with Crippen LogP contribution in [0, 0.1) is 5.92 Å². The Bertz CT molecular complexity index is 715. The predicted molar refractivity (Wildman–Crippen MR) is 123 cm³/mol. The highest BCUT2D eigenvalue weighted by atomic mass is 32.2. The minimum atomic E-state index is -0.734. The fraction of sp³-hybridized carbons (Fsp3) is 0.480. The predicted octanol–water partition coefficient (Wildman–Crippen LogP) is 6.34. The Hall–Kier alpha value is -1.78. The highest BCUT2D eigenvalue weighted by Gasteiger charge is 2.15. The van der Waals surface area contributed by atoms with Crippen LogP contribution >= 0.6 is 11.8 Å². The van der Waals surface area contributed by atoms with Crippen molar-refractivity contribution < 1.29 is 14.6 Å². The van der Waals surface area contributed by atoms with Crippen LogP contribution in [-0.2, 0) is 16.1 Å². The highest BCUT2D eigenvalue weighted by Crippen LogP contribution is 2.32. The Morgan fingerprint density at radius 1 is 1.03 bits per heavy atom. The van der Waals surface area contributed by atoms with Crippen molar-refractivity contribution in [2.75, 3.05) is 18.1 Å². The van der Waals surface area contributed by atoms with Gasteiger partial charge in [0.2, 0.25) is 0 Å². The fourth-order valence-electron chi connectivity index (χ4n) is 3.41. The molecule has 158 valence electrons. The van der Waals surface area contributed by atoms with Crippen LogP contribution in [0.2, 0.25) is 0 Å². The summed E-state index contributed by atoms with van der Waals surface area (Å²) in [6.45, 7) is 7.56. The number of hydrogen-bond acceptors (Lipinski definition) is 3. The number of carboxylic acids is 1. The molecule has 2 rings (SSSR count). The van der Waals surface area contributed by atoms with E-state index in [1.54, 1.807) is 18.7 Å². The first-order valence-corrected chi connectivity index (χ1v) is 11.7. The minimum Gasteiger partial charge on any atom is -0.481 e. The molecule has 0 bridgehead atoms. The topological polar surface area (TPSA) is 46.5 Å². The van der Waals surface area contributed by atoms with E-state index in [1.165, 1.54) is 16.7 Å². The molecule has 0 saturated carbocycles. The first-order chi connectivity index (χ1) is 14.0. The SMILES string of the molecule is CCC(CC(C)c1ccc(COCCSCC(C)C(=O)O)cc1)c1ccccc1. The number of carbonyl (C=O) groups is 1. The van der Waals surface area contributed by atoms with Crippen molar-refractivity contribution in [2.45, 2.75) is 52.1 Å². The van der Waals surface area contributed by atoms with E-state index in [4.69, 9.17) is 9.84 Å². The fourth-order valence-corrected chi connectivity index (χ4v) is 4.31. The molecule has 3 unspecified atom stereocenters. The lowest BCUT2D eigenvalue weighted by molar-refractivity contribution is -0.140. The van der Waals surface area contributed by atoms with Gasteiger partial charge in [-0.1, -0.05) is 75.4 Å². The Kier molecular flexibility index (Phi) is 10.3. The molecule has 0 radical (unpaired) electrons. The first-order valence-electron chi connectivity index (χ1n) is 10.5. The van der Waals surface area contributed by atoms with Gasteiger partial charge in [-0.25, -0.2) is 0 Å². The van der Waals surface area contributed by atoms with Gasteiger partial charge in [-0.2, -0.15) is 11.8 Å². The van der Waals surface area contributed by atoms with Gasteiger partial charge in [-0.05, 0) is 41.4 Å². The zero-order valence-corrected chi connectivity index (χ0v) is 18.7. The monoisotopic (exact) mass is 414 g/mol. The molecule has 0 fully saturated rings. The molecule has 0 aliphatic heterocycles. The summed E-state index contributed by atoms with van der Waals surface area (Å²) in [7, 11) is 0. The number of benzene rings is 2. The van der Waals surface area contributed by atoms with Crippen molar-refractivity contribution in [1.82, 2.24) is 0 Å². The Morgan fingerprint density at radius 3 is 2.34 bits per heavy atom. The lowest BCUT2D eigenvalue weighted by Gasteiger charge is -2.21. The average Bonchev–Trinajstić information content (AvgIpc) is 2.75. The molecule has 2 aromatic carbocycles. The Labute approximate surface area is 179 Å². The second kappa shape index (κ2) is 12.7. The van der Waals surface area contributed by atoms with Gasteiger partial charge in [0, 0.05) is 11.5 Å². The van der Waals surface area contributed by atoms with Gasteiger partial charge in [-0.3, -0.25) is 4.79 Å². The lowest BCUT2D eigenvalue weighted by atomic mass is 9.84. The van der Waals surface area contributed by atoms with E-state index in [0.29, 0.717) is 30.8 Å². The van der Waals surface area contributed by atoms with E-state index < -0.39 is 5.97 Å². The van der Waals surface area contributed by atoms with Crippen molar-refractivity contribution in [3.05, 3.63) is 71.3 Å². The average molecular weight is 415 g/mol. The van der Waals surface area contributed by atoms with Crippen molar-refractivity contribution in [1.29, 1.82) is 0 Å². The summed E-state index contributed by atoms with van der Waals surface area (Å²) in [4.78, 5) is 10.8. The van der Waals surface area contributed by atoms with Gasteiger partial charge in [-0.15, -0.1) is 0 Å². The molecule has 0 aliphatic rings. The third kappa shape index (κ3) is 8.23. The summed E-state index contributed by atoms with van der Waals surface area (Å²) in [5.74, 6) is 1.53. The first kappa shape index (κ1) is 23.5. The maximum Gasteiger partial charge on any atom is 0.307 e. The van der Waals surface area contributed by atoms with Crippen LogP contribution in [-0.4, -0.2) is 29.2 Å². The standard InChI is InChI=1S/C25H34O3S/c1-4-22(24-8-6-5-7-9-24)16-19(2)23-12-10-21(11-13-23)17-28-14-15-29-18-20(3)25(26)27/h5-13,19-20,22H,4,14-18H2,1-3H3,(H,26,27). The van der Waals surface area contributed by atoms with Gasteiger partial charge in [0.25, 0.3) is 0 Å². The normalized spacial score (nSPS) is 14.3. The Morgan fingerprint density at radius 2 is 1.72 bits per heavy atom. The number of hydrogen-bond donors (Lipinski definition) is 1. The molecule has 0 saturated heterocycles. The van der Waals surface area contributed by atoms with Crippen molar-refractivity contribution in [2.24, 2.45) is 5.92 Å². The van der Waals surface area contributed by atoms with Gasteiger partial charge >= 0.3 is 5.97 Å². The van der Waals surface area contributed by atoms with Crippen LogP contribution in [0.3, 0.4) is 0 Å². The third-order valence-electron chi connectivity index (χ3n) is 5.38. The van der Waals surface area contributed by atoms with Gasteiger partial charge in [0.15, 0.2) is 0 Å². The molecular formula is C25H34O3S. The minimum absolute atomic E-state index is 0.302. The van der Waals surface area contributed by atoms with Gasteiger partial charge in [0.1, 0.15) is 0 Å². The molecule has 0 amide bonds. The molecule has 0 spiro atoms. The lowest BCUT2D eigenvalue weighted by Crippen LogP contribution is -2.12. The molecule has 1 N–H and O–H groups in total. The molecule has 3 nitrogen and oxygen atoms in total. The van der Waals surface area contributed by atoms with Crippen LogP contribution in [0.15, 0.2) is 54.6 Å². The number of ether oxygens (including phenoxy) is 1. The summed E-state index contributed by atoms with van der Waals surface area (Å²) in [5.41, 5.74) is 3.99. The summed E-state index contributed by atoms with van der Waals surface area (Å²) in [6.07, 6.45) is 2.31. The molecule has 0 aliphatic carbocycles. The molecular weight excluding hydrogens is 380 g/mol. The van der Waals surface area contributed by atoms with Gasteiger partial charge in [0.05, 0.1) is 19.1 Å². The quantitative estimate of drug-likeness (QED) is 0.388. The summed E-state index contributed by atoms with van der Waals surface area (Å²) in [6, 6.07) is 19.6. The van der Waals surface area contributed by atoms with E-state index in [9.17, 15) is 4.79 Å². The smallest absolute Gasteiger partial charge is 0.307 e. The maximum absolute atomic E-state index is 10.8. The second-order valence-electron chi connectivity index (χ2n) is 7.76. The summed E-state index contributed by atoms with van der Waals surface area (Å²) in [5, 5.41) is 8.87. The van der Waals surface area contributed by atoms with Gasteiger partial charge < -0.3 is 9.84 Å². The maximum atomic E-state index is 10.8. The zero-order valence-electron chi connectivity index (χ0n) is 17.8. The number of thioether (sulfide) groups is 1. The number of carboxylic acid groups (broad SMARTS) is 1. The van der Waals surface area contributed by atoms with Crippen LogP contribution in [0.25, 0.3) is 0 Å². The molecule has 0 heterocycles. The van der Waals surface area contributed by atoms with E-state index >= 15 is 0 Å². The summed E-state index contributed by atoms with van der Waals surface area (Å²) < 4.78 is 5.73. The summed E-state index contributed by atoms with van der Waals surface area (Å²) >= 11 is 1.63. The van der Waals surface area contributed by atoms with E-state index in [0.717, 1.165) is 18.6 Å². The zero-order chi connectivity index (χ0) is 21.1. The van der Waals surface area contributed by atoms with Crippen molar-refractivity contribution in [3.8, 4) is 0 Å². The van der Waals surface area contributed by atoms with Crippen LogP contribution in [0.5, 0.6) is 0 Å². The number of aliphatic carboxylic acids is 1. The number of rotatable bonds is 13. The van der Waals surface area contributed by atoms with Crippen LogP contribution in [0.4, 0.5) is 0 Å².